The lowest BCUT2D eigenvalue weighted by atomic mass is 9.88. The van der Waals surface area contributed by atoms with E-state index >= 15 is 0 Å². The van der Waals surface area contributed by atoms with Crippen LogP contribution >= 0.6 is 0 Å². The second-order valence-corrected chi connectivity index (χ2v) is 8.22. The van der Waals surface area contributed by atoms with Crippen molar-refractivity contribution in [3.63, 3.8) is 0 Å². The van der Waals surface area contributed by atoms with E-state index in [0.29, 0.717) is 12.5 Å². The topological polar surface area (TPSA) is 62.5 Å². The van der Waals surface area contributed by atoms with Crippen LogP contribution in [0.15, 0.2) is 60.1 Å². The first-order valence-electron chi connectivity index (χ1n) is 10.6. The number of hydrogen-bond acceptors (Lipinski definition) is 4. The highest BCUT2D eigenvalue weighted by molar-refractivity contribution is 6.06. The van der Waals surface area contributed by atoms with E-state index in [-0.39, 0.29) is 12.5 Å². The minimum atomic E-state index is 0.0493. The van der Waals surface area contributed by atoms with Crippen molar-refractivity contribution in [2.75, 3.05) is 19.6 Å². The smallest absolute Gasteiger partial charge is 0.248 e. The number of aromatic nitrogens is 2. The molecule has 2 aromatic rings. The third-order valence-corrected chi connectivity index (χ3v) is 6.24. The Morgan fingerprint density at radius 3 is 2.90 bits per heavy atom. The summed E-state index contributed by atoms with van der Waals surface area (Å²) in [6, 6.07) is 6.37. The molecule has 4 heterocycles. The number of dihydropyridines is 1. The molecule has 4 aliphatic rings. The number of aliphatic imine (C=N–C) groups is 1. The lowest BCUT2D eigenvalue weighted by molar-refractivity contribution is -0.126. The van der Waals surface area contributed by atoms with Crippen molar-refractivity contribution in [2.45, 2.75) is 25.2 Å². The Hall–Kier alpha value is -3.41. The van der Waals surface area contributed by atoms with Gasteiger partial charge in [-0.15, -0.1) is 0 Å². The number of allylic oxidation sites excluding steroid dienone is 3. The van der Waals surface area contributed by atoms with Crippen LogP contribution in [0.2, 0.25) is 0 Å². The predicted molar refractivity (Wildman–Crippen MR) is 117 cm³/mol. The molecule has 0 radical (unpaired) electrons. The average Bonchev–Trinajstić information content (AvgIpc) is 3.56. The molecule has 150 valence electrons. The summed E-state index contributed by atoms with van der Waals surface area (Å²) >= 11 is 0. The molecule has 0 spiro atoms. The zero-order chi connectivity index (χ0) is 20.1. The minimum absolute atomic E-state index is 0.0493. The van der Waals surface area contributed by atoms with Gasteiger partial charge in [-0.25, -0.2) is 4.98 Å². The molecule has 6 nitrogen and oxygen atoms in total. The number of carbonyl (C=O) groups is 1. The van der Waals surface area contributed by atoms with Gasteiger partial charge in [0.2, 0.25) is 5.91 Å². The quantitative estimate of drug-likeness (QED) is 0.848. The highest BCUT2D eigenvalue weighted by Gasteiger charge is 2.30. The monoisotopic (exact) mass is 397 g/mol. The summed E-state index contributed by atoms with van der Waals surface area (Å²) in [5, 5.41) is 3.30. The van der Waals surface area contributed by atoms with Crippen molar-refractivity contribution in [1.29, 1.82) is 0 Å². The third-order valence-electron chi connectivity index (χ3n) is 6.24. The Bertz CT molecular complexity index is 1160. The van der Waals surface area contributed by atoms with Gasteiger partial charge in [0.05, 0.1) is 11.4 Å². The molecule has 30 heavy (non-hydrogen) atoms. The Labute approximate surface area is 175 Å². The molecule has 1 aromatic carbocycles. The lowest BCUT2D eigenvalue weighted by Gasteiger charge is -2.32. The zero-order valence-corrected chi connectivity index (χ0v) is 16.7. The van der Waals surface area contributed by atoms with Crippen molar-refractivity contribution < 1.29 is 4.79 Å². The van der Waals surface area contributed by atoms with E-state index in [0.717, 1.165) is 35.8 Å². The molecule has 1 aromatic heterocycles. The number of fused-ring (bicyclic) bond motifs is 3. The highest BCUT2D eigenvalue weighted by Crippen LogP contribution is 2.39. The fourth-order valence-corrected chi connectivity index (χ4v) is 4.52. The van der Waals surface area contributed by atoms with Crippen molar-refractivity contribution in [1.82, 2.24) is 19.8 Å². The van der Waals surface area contributed by atoms with E-state index in [4.69, 9.17) is 0 Å². The first kappa shape index (κ1) is 17.4. The maximum atomic E-state index is 12.9. The fourth-order valence-electron chi connectivity index (χ4n) is 4.52. The second kappa shape index (κ2) is 6.83. The Kier molecular flexibility index (Phi) is 3.97. The van der Waals surface area contributed by atoms with Crippen LogP contribution in [0.3, 0.4) is 0 Å². The number of nitrogens with one attached hydrogen (secondary N) is 1. The average molecular weight is 397 g/mol. The predicted octanol–water partition coefficient (Wildman–Crippen LogP) is 2.95. The molecular formula is C24H23N5O. The molecule has 1 amide bonds. The second-order valence-electron chi connectivity index (χ2n) is 8.22. The molecule has 0 saturated heterocycles. The van der Waals surface area contributed by atoms with Crippen molar-refractivity contribution in [3.8, 4) is 0 Å². The number of carbonyl (C=O) groups excluding carboxylic acids is 1. The third kappa shape index (κ3) is 2.91. The Balaban J connectivity index is 1.45. The summed E-state index contributed by atoms with van der Waals surface area (Å²) < 4.78 is 1.96. The Morgan fingerprint density at radius 1 is 1.17 bits per heavy atom. The van der Waals surface area contributed by atoms with Crippen molar-refractivity contribution in [2.24, 2.45) is 4.99 Å². The summed E-state index contributed by atoms with van der Waals surface area (Å²) in [5.41, 5.74) is 6.88. The number of amides is 1. The van der Waals surface area contributed by atoms with E-state index in [2.05, 4.69) is 58.0 Å². The van der Waals surface area contributed by atoms with Crippen LogP contribution in [0.25, 0.3) is 11.3 Å². The molecule has 6 rings (SSSR count). The Morgan fingerprint density at radius 2 is 2.07 bits per heavy atom. The van der Waals surface area contributed by atoms with Gasteiger partial charge >= 0.3 is 0 Å². The molecule has 1 aliphatic carbocycles. The standard InChI is InChI=1S/C24H23N5O/c30-24-13-26-23(28-14-21(27-15-28)16-6-7-16)11-22-20-5-1-4-18(17-3-2-9-25-12-17)19(20)8-10-29(22)24/h1-5,11-12,14-16,25H,6-10,13H2. The minimum Gasteiger partial charge on any atom is -0.387 e. The molecule has 1 fully saturated rings. The normalized spacial score (nSPS) is 20.5. The molecule has 3 aliphatic heterocycles. The first-order valence-corrected chi connectivity index (χ1v) is 10.6. The van der Waals surface area contributed by atoms with Gasteiger partial charge in [0.15, 0.2) is 0 Å². The van der Waals surface area contributed by atoms with Crippen LogP contribution in [0.4, 0.5) is 0 Å². The molecule has 6 heteroatoms. The van der Waals surface area contributed by atoms with E-state index in [1.165, 1.54) is 29.5 Å². The van der Waals surface area contributed by atoms with Gasteiger partial charge < -0.3 is 10.2 Å². The van der Waals surface area contributed by atoms with Crippen molar-refractivity contribution in [3.05, 3.63) is 77.5 Å². The summed E-state index contributed by atoms with van der Waals surface area (Å²) in [4.78, 5) is 23.9. The van der Waals surface area contributed by atoms with Crippen LogP contribution in [0.1, 0.15) is 41.1 Å². The van der Waals surface area contributed by atoms with Gasteiger partial charge in [-0.1, -0.05) is 30.4 Å². The molecule has 0 unspecified atom stereocenters. The maximum Gasteiger partial charge on any atom is 0.248 e. The summed E-state index contributed by atoms with van der Waals surface area (Å²) in [6.07, 6.45) is 15.6. The number of nitrogens with zero attached hydrogens (tertiary/aromatic N) is 4. The SMILES string of the molecule is O=C1CN=C(n2cnc(C3CC3)c2)C=C2c3cccc(C4=CNCC=C4)c3CCN12. The summed E-state index contributed by atoms with van der Waals surface area (Å²) in [6.45, 7) is 1.71. The van der Waals surface area contributed by atoms with Gasteiger partial charge in [0, 0.05) is 43.0 Å². The largest absolute Gasteiger partial charge is 0.387 e. The van der Waals surface area contributed by atoms with Crippen LogP contribution < -0.4 is 5.32 Å². The van der Waals surface area contributed by atoms with E-state index < -0.39 is 0 Å². The summed E-state index contributed by atoms with van der Waals surface area (Å²) in [5.74, 6) is 1.41. The number of hydrogen-bond donors (Lipinski definition) is 1. The molecule has 0 atom stereocenters. The van der Waals surface area contributed by atoms with Gasteiger partial charge in [0.25, 0.3) is 0 Å². The summed E-state index contributed by atoms with van der Waals surface area (Å²) in [7, 11) is 0. The highest BCUT2D eigenvalue weighted by atomic mass is 16.2. The van der Waals surface area contributed by atoms with Crippen LogP contribution in [0.5, 0.6) is 0 Å². The van der Waals surface area contributed by atoms with Crippen LogP contribution in [0, 0.1) is 0 Å². The fraction of sp³-hybridized carbons (Fsp3) is 0.292. The van der Waals surface area contributed by atoms with Gasteiger partial charge in [-0.05, 0) is 36.0 Å². The molecular weight excluding hydrogens is 374 g/mol. The number of imidazole rings is 1. The van der Waals surface area contributed by atoms with E-state index in [1.54, 1.807) is 0 Å². The maximum absolute atomic E-state index is 12.9. The lowest BCUT2D eigenvalue weighted by Crippen LogP contribution is -2.36. The van der Waals surface area contributed by atoms with Crippen LogP contribution in [-0.2, 0) is 11.2 Å². The van der Waals surface area contributed by atoms with E-state index in [1.807, 2.05) is 21.9 Å². The number of rotatable bonds is 2. The molecule has 0 bridgehead atoms. The van der Waals surface area contributed by atoms with Gasteiger partial charge in [-0.2, -0.15) is 0 Å². The zero-order valence-electron chi connectivity index (χ0n) is 16.7. The van der Waals surface area contributed by atoms with Crippen LogP contribution in [-0.4, -0.2) is 45.8 Å². The van der Waals surface area contributed by atoms with Gasteiger partial charge in [0.1, 0.15) is 18.7 Å². The van der Waals surface area contributed by atoms with Crippen molar-refractivity contribution >= 4 is 23.0 Å². The first-order chi connectivity index (χ1) is 14.8. The van der Waals surface area contributed by atoms with E-state index in [9.17, 15) is 4.79 Å². The molecule has 1 N–H and O–H groups in total. The molecule has 1 saturated carbocycles. The van der Waals surface area contributed by atoms with Gasteiger partial charge in [-0.3, -0.25) is 14.4 Å². The number of benzene rings is 1.